The molecule has 0 atom stereocenters. The molecule has 0 heterocycles. The second-order valence-corrected chi connectivity index (χ2v) is 6.06. The summed E-state index contributed by atoms with van der Waals surface area (Å²) in [5.74, 6) is 0.0716. The van der Waals surface area contributed by atoms with Gasteiger partial charge in [0.15, 0.2) is 0 Å². The van der Waals surface area contributed by atoms with Gasteiger partial charge in [0.2, 0.25) is 5.91 Å². The second-order valence-electron chi connectivity index (χ2n) is 6.06. The third-order valence-corrected chi connectivity index (χ3v) is 4.06. The van der Waals surface area contributed by atoms with Gasteiger partial charge in [-0.3, -0.25) is 4.79 Å². The number of aryl methyl sites for hydroxylation is 2. The Morgan fingerprint density at radius 3 is 2.52 bits per heavy atom. The van der Waals surface area contributed by atoms with Gasteiger partial charge in [-0.05, 0) is 56.0 Å². The molecule has 2 aromatic rings. The molecule has 3 heteroatoms. The second kappa shape index (κ2) is 7.82. The molecule has 2 rings (SSSR count). The van der Waals surface area contributed by atoms with Crippen LogP contribution in [0.5, 0.6) is 0 Å². The van der Waals surface area contributed by atoms with Crippen LogP contribution in [0.25, 0.3) is 0 Å². The fraction of sp³-hybridized carbons (Fsp3) is 0.350. The van der Waals surface area contributed by atoms with Crippen molar-refractivity contribution in [1.29, 1.82) is 0 Å². The van der Waals surface area contributed by atoms with Crippen LogP contribution in [-0.2, 0) is 11.3 Å². The fourth-order valence-electron chi connectivity index (χ4n) is 2.58. The predicted octanol–water partition coefficient (Wildman–Crippen LogP) is 4.96. The molecule has 3 nitrogen and oxygen atoms in total. The lowest BCUT2D eigenvalue weighted by Crippen LogP contribution is -2.12. The molecule has 2 N–H and O–H groups in total. The molecule has 0 aliphatic heterocycles. The van der Waals surface area contributed by atoms with Crippen LogP contribution in [0.1, 0.15) is 42.0 Å². The minimum absolute atomic E-state index is 0.0716. The Labute approximate surface area is 139 Å². The maximum atomic E-state index is 11.8. The highest BCUT2D eigenvalue weighted by molar-refractivity contribution is 5.92. The first-order valence-electron chi connectivity index (χ1n) is 8.20. The van der Waals surface area contributed by atoms with Crippen molar-refractivity contribution in [2.75, 3.05) is 10.6 Å². The van der Waals surface area contributed by atoms with Crippen LogP contribution >= 0.6 is 0 Å². The summed E-state index contributed by atoms with van der Waals surface area (Å²) in [7, 11) is 0. The molecule has 0 spiro atoms. The number of anilines is 2. The molecule has 122 valence electrons. The summed E-state index contributed by atoms with van der Waals surface area (Å²) >= 11 is 0. The van der Waals surface area contributed by atoms with Gasteiger partial charge in [0, 0.05) is 24.3 Å². The summed E-state index contributed by atoms with van der Waals surface area (Å²) in [6.07, 6.45) is 1.41. The monoisotopic (exact) mass is 310 g/mol. The van der Waals surface area contributed by atoms with Crippen molar-refractivity contribution in [2.24, 2.45) is 0 Å². The van der Waals surface area contributed by atoms with E-state index < -0.39 is 0 Å². The molecule has 1 amide bonds. The van der Waals surface area contributed by atoms with Crippen molar-refractivity contribution < 1.29 is 4.79 Å². The molecule has 0 bridgehead atoms. The van der Waals surface area contributed by atoms with Crippen molar-refractivity contribution in [2.45, 2.75) is 47.1 Å². The quantitative estimate of drug-likeness (QED) is 0.791. The normalized spacial score (nSPS) is 10.4. The summed E-state index contributed by atoms with van der Waals surface area (Å²) in [6, 6.07) is 12.5. The van der Waals surface area contributed by atoms with Crippen molar-refractivity contribution in [1.82, 2.24) is 0 Å². The number of hydrogen-bond donors (Lipinski definition) is 2. The van der Waals surface area contributed by atoms with E-state index in [4.69, 9.17) is 0 Å². The molecule has 0 unspecified atom stereocenters. The smallest absolute Gasteiger partial charge is 0.224 e. The van der Waals surface area contributed by atoms with E-state index in [9.17, 15) is 4.79 Å². The first-order chi connectivity index (χ1) is 11.0. The Hall–Kier alpha value is -2.29. The Bertz CT molecular complexity index is 692. The molecule has 0 saturated carbocycles. The first kappa shape index (κ1) is 17.1. The van der Waals surface area contributed by atoms with Gasteiger partial charge < -0.3 is 10.6 Å². The van der Waals surface area contributed by atoms with Gasteiger partial charge in [0.1, 0.15) is 0 Å². The van der Waals surface area contributed by atoms with E-state index in [1.807, 2.05) is 26.0 Å². The number of nitrogens with one attached hydrogen (secondary N) is 2. The van der Waals surface area contributed by atoms with E-state index in [-0.39, 0.29) is 5.91 Å². The molecule has 0 fully saturated rings. The zero-order valence-electron chi connectivity index (χ0n) is 14.5. The molecule has 0 radical (unpaired) electrons. The summed E-state index contributed by atoms with van der Waals surface area (Å²) in [5.41, 5.74) is 6.86. The van der Waals surface area contributed by atoms with Gasteiger partial charge >= 0.3 is 0 Å². The molecule has 2 aromatic carbocycles. The van der Waals surface area contributed by atoms with E-state index >= 15 is 0 Å². The van der Waals surface area contributed by atoms with Gasteiger partial charge in [-0.15, -0.1) is 0 Å². The lowest BCUT2D eigenvalue weighted by Gasteiger charge is -2.15. The molecule has 0 aliphatic rings. The molecular weight excluding hydrogens is 284 g/mol. The van der Waals surface area contributed by atoms with Gasteiger partial charge in [-0.1, -0.05) is 36.8 Å². The van der Waals surface area contributed by atoms with Crippen LogP contribution in [0.3, 0.4) is 0 Å². The zero-order chi connectivity index (χ0) is 16.8. The highest BCUT2D eigenvalue weighted by Crippen LogP contribution is 2.24. The van der Waals surface area contributed by atoms with Gasteiger partial charge in [0.05, 0.1) is 0 Å². The summed E-state index contributed by atoms with van der Waals surface area (Å²) < 4.78 is 0. The number of carbonyl (C=O) groups is 1. The fourth-order valence-corrected chi connectivity index (χ4v) is 2.58. The van der Waals surface area contributed by atoms with Crippen LogP contribution < -0.4 is 10.6 Å². The lowest BCUT2D eigenvalue weighted by molar-refractivity contribution is -0.116. The van der Waals surface area contributed by atoms with Crippen LogP contribution in [-0.4, -0.2) is 5.91 Å². The van der Waals surface area contributed by atoms with E-state index in [1.54, 1.807) is 0 Å². The highest BCUT2D eigenvalue weighted by Gasteiger charge is 2.07. The Kier molecular flexibility index (Phi) is 5.80. The largest absolute Gasteiger partial charge is 0.381 e. The van der Waals surface area contributed by atoms with Gasteiger partial charge in [-0.25, -0.2) is 0 Å². The van der Waals surface area contributed by atoms with Crippen molar-refractivity contribution in [3.05, 3.63) is 58.7 Å². The number of hydrogen-bond acceptors (Lipinski definition) is 2. The van der Waals surface area contributed by atoms with Crippen LogP contribution in [0, 0.1) is 20.8 Å². The topological polar surface area (TPSA) is 41.1 Å². The predicted molar refractivity (Wildman–Crippen MR) is 98.0 cm³/mol. The number of benzene rings is 2. The minimum Gasteiger partial charge on any atom is -0.381 e. The van der Waals surface area contributed by atoms with E-state index in [0.29, 0.717) is 6.42 Å². The maximum absolute atomic E-state index is 11.8. The number of rotatable bonds is 6. The van der Waals surface area contributed by atoms with Crippen molar-refractivity contribution in [3.8, 4) is 0 Å². The summed E-state index contributed by atoms with van der Waals surface area (Å²) in [4.78, 5) is 11.8. The molecule has 0 saturated heterocycles. The minimum atomic E-state index is 0.0716. The van der Waals surface area contributed by atoms with Crippen molar-refractivity contribution >= 4 is 17.3 Å². The van der Waals surface area contributed by atoms with E-state index in [1.165, 1.54) is 16.7 Å². The van der Waals surface area contributed by atoms with Crippen LogP contribution in [0.2, 0.25) is 0 Å². The van der Waals surface area contributed by atoms with Crippen LogP contribution in [0.15, 0.2) is 36.4 Å². The Morgan fingerprint density at radius 2 is 1.78 bits per heavy atom. The lowest BCUT2D eigenvalue weighted by atomic mass is 10.1. The van der Waals surface area contributed by atoms with E-state index in [2.05, 4.69) is 48.7 Å². The number of amides is 1. The number of carbonyl (C=O) groups excluding carboxylic acids is 1. The summed E-state index contributed by atoms with van der Waals surface area (Å²) in [6.45, 7) is 9.06. The molecule has 0 aromatic heterocycles. The zero-order valence-corrected chi connectivity index (χ0v) is 14.5. The average molecular weight is 310 g/mol. The first-order valence-corrected chi connectivity index (χ1v) is 8.20. The average Bonchev–Trinajstić information content (AvgIpc) is 2.51. The third kappa shape index (κ3) is 4.59. The maximum Gasteiger partial charge on any atom is 0.224 e. The van der Waals surface area contributed by atoms with Gasteiger partial charge in [0.25, 0.3) is 0 Å². The van der Waals surface area contributed by atoms with Crippen LogP contribution in [0.4, 0.5) is 11.4 Å². The standard InChI is InChI=1S/C20H26N2O/c1-5-7-20(23)22-19-9-6-8-18(16(19)4)21-13-17-12-14(2)10-11-15(17)3/h6,8-12,21H,5,7,13H2,1-4H3,(H,22,23). The summed E-state index contributed by atoms with van der Waals surface area (Å²) in [5, 5.41) is 6.48. The Balaban J connectivity index is 2.11. The van der Waals surface area contributed by atoms with Gasteiger partial charge in [-0.2, -0.15) is 0 Å². The Morgan fingerprint density at radius 1 is 1.04 bits per heavy atom. The third-order valence-electron chi connectivity index (χ3n) is 4.06. The molecular formula is C20H26N2O. The van der Waals surface area contributed by atoms with Crippen molar-refractivity contribution in [3.63, 3.8) is 0 Å². The highest BCUT2D eigenvalue weighted by atomic mass is 16.1. The SMILES string of the molecule is CCCC(=O)Nc1cccc(NCc2cc(C)ccc2C)c1C. The molecule has 0 aliphatic carbocycles. The molecule has 23 heavy (non-hydrogen) atoms. The van der Waals surface area contributed by atoms with E-state index in [0.717, 1.165) is 29.9 Å².